The highest BCUT2D eigenvalue weighted by atomic mass is 19.2. The maximum atomic E-state index is 14.1. The molecule has 4 N–H and O–H groups in total. The van der Waals surface area contributed by atoms with Crippen LogP contribution in [0.5, 0.6) is 11.5 Å². The van der Waals surface area contributed by atoms with E-state index >= 15 is 0 Å². The first-order valence-corrected chi connectivity index (χ1v) is 11.5. The molecule has 12 heteroatoms. The summed E-state index contributed by atoms with van der Waals surface area (Å²) in [6, 6.07) is 5.64. The Morgan fingerprint density at radius 2 is 1.54 bits per heavy atom. The van der Waals surface area contributed by atoms with Gasteiger partial charge in [0.1, 0.15) is 5.75 Å². The van der Waals surface area contributed by atoms with Gasteiger partial charge in [-0.15, -0.1) is 0 Å². The van der Waals surface area contributed by atoms with Gasteiger partial charge in [0.25, 0.3) is 0 Å². The van der Waals surface area contributed by atoms with Crippen molar-refractivity contribution in [3.63, 3.8) is 0 Å². The molecule has 202 valence electrons. The van der Waals surface area contributed by atoms with Gasteiger partial charge in [0.2, 0.25) is 34.8 Å². The van der Waals surface area contributed by atoms with E-state index in [1.165, 1.54) is 12.0 Å². The fourth-order valence-electron chi connectivity index (χ4n) is 6.03. The largest absolute Gasteiger partial charge is 0.473 e. The zero-order valence-electron chi connectivity index (χ0n) is 19.8. The van der Waals surface area contributed by atoms with E-state index in [0.717, 1.165) is 44.2 Å². The van der Waals surface area contributed by atoms with E-state index in [1.54, 1.807) is 12.1 Å². The Morgan fingerprint density at radius 1 is 0.946 bits per heavy atom. The maximum Gasteiger partial charge on any atom is 0.414 e. The Morgan fingerprint density at radius 3 is 2.14 bits per heavy atom. The molecule has 0 spiro atoms. The van der Waals surface area contributed by atoms with E-state index < -0.39 is 46.8 Å². The number of hydrogen-bond acceptors (Lipinski definition) is 4. The third-order valence-electron chi connectivity index (χ3n) is 7.66. The van der Waals surface area contributed by atoms with Crippen molar-refractivity contribution < 1.29 is 52.0 Å². The molecule has 5 rings (SSSR count). The molecule has 2 fully saturated rings. The van der Waals surface area contributed by atoms with Gasteiger partial charge in [0.15, 0.2) is 0 Å². The zero-order chi connectivity index (χ0) is 26.4. The number of halogens is 5. The van der Waals surface area contributed by atoms with Crippen LogP contribution in [0.2, 0.25) is 0 Å². The van der Waals surface area contributed by atoms with Crippen LogP contribution in [0.4, 0.5) is 22.0 Å². The topological polar surface area (TPSA) is 119 Å². The molecule has 7 nitrogen and oxygen atoms in total. The number of carbonyl (C=O) groups is 2. The molecule has 2 aromatic carbocycles. The van der Waals surface area contributed by atoms with Crippen molar-refractivity contribution >= 4 is 11.9 Å². The van der Waals surface area contributed by atoms with Crippen molar-refractivity contribution in [3.8, 4) is 11.5 Å². The molecule has 1 saturated carbocycles. The number of carboxylic acid groups (broad SMARTS) is 2. The van der Waals surface area contributed by atoms with Crippen LogP contribution in [0.15, 0.2) is 18.2 Å². The van der Waals surface area contributed by atoms with E-state index in [4.69, 9.17) is 24.5 Å². The predicted molar refractivity (Wildman–Crippen MR) is 120 cm³/mol. The Balaban J connectivity index is 0.000000489. The summed E-state index contributed by atoms with van der Waals surface area (Å²) >= 11 is 0. The quantitative estimate of drug-likeness (QED) is 0.260. The summed E-state index contributed by atoms with van der Waals surface area (Å²) in [7, 11) is 2.16. The van der Waals surface area contributed by atoms with Crippen molar-refractivity contribution in [1.82, 2.24) is 4.90 Å². The van der Waals surface area contributed by atoms with Gasteiger partial charge in [-0.05, 0) is 68.5 Å². The summed E-state index contributed by atoms with van der Waals surface area (Å²) in [5.41, 5.74) is 2.27. The number of piperidine rings is 1. The van der Waals surface area contributed by atoms with Gasteiger partial charge in [-0.2, -0.15) is 8.78 Å². The molecule has 0 aromatic heterocycles. The summed E-state index contributed by atoms with van der Waals surface area (Å²) < 4.78 is 73.9. The van der Waals surface area contributed by atoms with E-state index in [0.29, 0.717) is 12.0 Å². The lowest BCUT2D eigenvalue weighted by atomic mass is 9.52. The van der Waals surface area contributed by atoms with Crippen molar-refractivity contribution in [3.05, 3.63) is 58.4 Å². The van der Waals surface area contributed by atoms with Gasteiger partial charge >= 0.3 is 11.9 Å². The lowest BCUT2D eigenvalue weighted by Gasteiger charge is -2.58. The normalized spacial score (nSPS) is 23.9. The van der Waals surface area contributed by atoms with Gasteiger partial charge in [-0.1, -0.05) is 18.9 Å². The minimum atomic E-state index is -2.19. The smallest absolute Gasteiger partial charge is 0.414 e. The molecular weight excluding hydrogens is 505 g/mol. The van der Waals surface area contributed by atoms with Crippen LogP contribution in [0, 0.1) is 35.0 Å². The average molecular weight is 531 g/mol. The Kier molecular flexibility index (Phi) is 8.13. The fourth-order valence-corrected chi connectivity index (χ4v) is 6.03. The monoisotopic (exact) mass is 531 g/mol. The Labute approximate surface area is 208 Å². The molecule has 2 aliphatic carbocycles. The van der Waals surface area contributed by atoms with Gasteiger partial charge in [-0.3, -0.25) is 0 Å². The number of benzene rings is 2. The zero-order valence-corrected chi connectivity index (χ0v) is 19.8. The second-order valence-electron chi connectivity index (χ2n) is 9.44. The third kappa shape index (κ3) is 4.87. The Bertz CT molecular complexity index is 1180. The van der Waals surface area contributed by atoms with E-state index in [1.807, 2.05) is 6.07 Å². The van der Waals surface area contributed by atoms with Crippen molar-refractivity contribution in [2.75, 3.05) is 13.6 Å². The number of carboxylic acids is 2. The van der Waals surface area contributed by atoms with Crippen molar-refractivity contribution in [2.45, 2.75) is 50.0 Å². The number of likely N-dealkylation sites (N-methyl/N-ethyl adjacent to an activating group) is 1. The first-order valence-electron chi connectivity index (χ1n) is 11.5. The van der Waals surface area contributed by atoms with Crippen LogP contribution < -0.4 is 4.74 Å². The second-order valence-corrected chi connectivity index (χ2v) is 9.44. The lowest BCUT2D eigenvalue weighted by Crippen LogP contribution is -2.59. The minimum absolute atomic E-state index is 0. The number of hydrogen-bond donors (Lipinski definition) is 2. The summed E-state index contributed by atoms with van der Waals surface area (Å²) in [6.45, 7) is 0.976. The number of rotatable bonds is 2. The summed E-state index contributed by atoms with van der Waals surface area (Å²) in [5, 5.41) is 14.8. The Hall–Kier alpha value is -3.25. The fraction of sp³-hybridized carbons (Fsp3) is 0.440. The maximum absolute atomic E-state index is 14.1. The molecular formula is C25H26F5NO6. The van der Waals surface area contributed by atoms with Crippen LogP contribution in [-0.4, -0.2) is 52.2 Å². The summed E-state index contributed by atoms with van der Waals surface area (Å²) in [4.78, 5) is 20.6. The third-order valence-corrected chi connectivity index (χ3v) is 7.66. The van der Waals surface area contributed by atoms with Gasteiger partial charge in [0, 0.05) is 11.5 Å². The predicted octanol–water partition coefficient (Wildman–Crippen LogP) is 4.19. The first-order chi connectivity index (χ1) is 17.0. The van der Waals surface area contributed by atoms with Crippen LogP contribution in [0.1, 0.15) is 43.2 Å². The van der Waals surface area contributed by atoms with Crippen molar-refractivity contribution in [1.29, 1.82) is 0 Å². The molecule has 1 saturated heterocycles. The lowest BCUT2D eigenvalue weighted by molar-refractivity contribution is -0.159. The van der Waals surface area contributed by atoms with Gasteiger partial charge in [0.05, 0.1) is 0 Å². The molecule has 3 atom stereocenters. The molecule has 0 radical (unpaired) electrons. The number of fused-ring (bicyclic) bond motifs is 1. The minimum Gasteiger partial charge on any atom is -0.473 e. The van der Waals surface area contributed by atoms with Crippen LogP contribution >= 0.6 is 0 Å². The molecule has 0 unspecified atom stereocenters. The summed E-state index contributed by atoms with van der Waals surface area (Å²) in [5.74, 6) is -14.4. The second kappa shape index (κ2) is 10.6. The average Bonchev–Trinajstić information content (AvgIpc) is 2.87. The summed E-state index contributed by atoms with van der Waals surface area (Å²) in [6.07, 6.45) is 6.37. The van der Waals surface area contributed by atoms with Crippen LogP contribution in [0.3, 0.4) is 0 Å². The molecule has 1 heterocycles. The van der Waals surface area contributed by atoms with Gasteiger partial charge < -0.3 is 25.3 Å². The highest BCUT2D eigenvalue weighted by Gasteiger charge is 2.53. The number of ether oxygens (including phenoxy) is 1. The number of aliphatic carboxylic acids is 2. The van der Waals surface area contributed by atoms with Crippen molar-refractivity contribution in [2.24, 2.45) is 5.92 Å². The van der Waals surface area contributed by atoms with E-state index in [2.05, 4.69) is 11.9 Å². The number of nitrogens with zero attached hydrogens (tertiary/aromatic N) is 1. The standard InChI is InChI=1S/C23H22F5NO.C2H2O4.H2O/c1-29-9-8-23-7-3-2-4-14(23)16(29)10-12-5-6-13(11-15(12)23)30-22-20(27)18(25)17(24)19(26)21(22)28;3-1(4)2(5)6;/h5-6,11,14,16H,2-4,7-10H2,1H3;(H,3,4)(H,5,6);1H2/t14-,16+,23+;;/m0../s1. The van der Waals surface area contributed by atoms with Crippen LogP contribution in [-0.2, 0) is 21.4 Å². The first kappa shape index (κ1) is 28.3. The number of likely N-dealkylation sites (tertiary alicyclic amines) is 1. The molecule has 37 heavy (non-hydrogen) atoms. The van der Waals surface area contributed by atoms with Crippen LogP contribution in [0.25, 0.3) is 0 Å². The highest BCUT2D eigenvalue weighted by molar-refractivity contribution is 6.27. The van der Waals surface area contributed by atoms with Gasteiger partial charge in [-0.25, -0.2) is 22.8 Å². The molecule has 2 aromatic rings. The molecule has 3 aliphatic rings. The SMILES string of the molecule is CN1CC[C@]23CCCC[C@H]2[C@H]1Cc1ccc(Oc2c(F)c(F)c(F)c(F)c2F)cc13.O.O=C(O)C(=O)O. The molecule has 2 bridgehead atoms. The molecule has 0 amide bonds. The van der Waals surface area contributed by atoms with E-state index in [-0.39, 0.29) is 16.6 Å². The molecule has 1 aliphatic heterocycles. The van der Waals surface area contributed by atoms with E-state index in [9.17, 15) is 22.0 Å². The highest BCUT2D eigenvalue weighted by Crippen LogP contribution is 2.56.